The summed E-state index contributed by atoms with van der Waals surface area (Å²) in [6, 6.07) is 0. The van der Waals surface area contributed by atoms with Crippen molar-refractivity contribution in [2.75, 3.05) is 0 Å². The van der Waals surface area contributed by atoms with E-state index in [1.807, 2.05) is 0 Å². The molecule has 1 N–H and O–H groups in total. The highest BCUT2D eigenvalue weighted by Gasteiger charge is 2.58. The van der Waals surface area contributed by atoms with Gasteiger partial charge in [0.25, 0.3) is 0 Å². The second-order valence-corrected chi connectivity index (χ2v) is 10.2. The van der Waals surface area contributed by atoms with Gasteiger partial charge in [-0.15, -0.1) is 0 Å². The molecule has 0 aromatic rings. The Kier molecular flexibility index (Phi) is 4.46. The average molecular weight is 343 g/mol. The maximum atomic E-state index is 10.1. The lowest BCUT2D eigenvalue weighted by molar-refractivity contribution is -0.0508. The van der Waals surface area contributed by atoms with Gasteiger partial charge in [-0.25, -0.2) is 0 Å². The Labute approximate surface area is 155 Å². The topological polar surface area (TPSA) is 20.2 Å². The molecule has 0 amide bonds. The van der Waals surface area contributed by atoms with Crippen LogP contribution in [0, 0.1) is 34.5 Å². The molecule has 1 heteroatoms. The van der Waals surface area contributed by atoms with E-state index in [-0.39, 0.29) is 6.10 Å². The lowest BCUT2D eigenvalue weighted by Gasteiger charge is -2.58. The minimum Gasteiger partial charge on any atom is -0.389 e. The SMILES string of the molecule is CC/C=C(\C)[C@H]1CC[C@H]2[C@@H]3CCC4=C[C@@H](O)CC[C@]4(C)[C@H]3CC[C@]12C. The fourth-order valence-electron chi connectivity index (χ4n) is 7.92. The maximum Gasteiger partial charge on any atom is 0.0724 e. The van der Waals surface area contributed by atoms with Crippen LogP contribution in [0.2, 0.25) is 0 Å². The van der Waals surface area contributed by atoms with Crippen molar-refractivity contribution in [3.05, 3.63) is 23.3 Å². The second-order valence-electron chi connectivity index (χ2n) is 10.2. The predicted molar refractivity (Wildman–Crippen MR) is 105 cm³/mol. The highest BCUT2D eigenvalue weighted by molar-refractivity contribution is 5.26. The van der Waals surface area contributed by atoms with Gasteiger partial charge < -0.3 is 5.11 Å². The molecular formula is C24H38O. The van der Waals surface area contributed by atoms with E-state index in [1.165, 1.54) is 51.4 Å². The van der Waals surface area contributed by atoms with Crippen molar-refractivity contribution in [3.63, 3.8) is 0 Å². The van der Waals surface area contributed by atoms with E-state index < -0.39 is 0 Å². The van der Waals surface area contributed by atoms with Gasteiger partial charge in [-0.05, 0) is 99.2 Å². The zero-order chi connectivity index (χ0) is 17.8. The van der Waals surface area contributed by atoms with Crippen molar-refractivity contribution in [1.82, 2.24) is 0 Å². The maximum absolute atomic E-state index is 10.1. The van der Waals surface area contributed by atoms with Gasteiger partial charge in [0.15, 0.2) is 0 Å². The first-order valence-electron chi connectivity index (χ1n) is 11.0. The van der Waals surface area contributed by atoms with Crippen molar-refractivity contribution in [1.29, 1.82) is 0 Å². The molecule has 0 aromatic heterocycles. The smallest absolute Gasteiger partial charge is 0.0724 e. The minimum atomic E-state index is -0.175. The van der Waals surface area contributed by atoms with E-state index in [1.54, 1.807) is 11.1 Å². The fraction of sp³-hybridized carbons (Fsp3) is 0.833. The number of hydrogen-bond acceptors (Lipinski definition) is 1. The van der Waals surface area contributed by atoms with Crippen LogP contribution in [-0.4, -0.2) is 11.2 Å². The Hall–Kier alpha value is -0.560. The lowest BCUT2D eigenvalue weighted by Crippen LogP contribution is -2.50. The van der Waals surface area contributed by atoms with Gasteiger partial charge in [0.05, 0.1) is 6.10 Å². The van der Waals surface area contributed by atoms with Crippen molar-refractivity contribution >= 4 is 0 Å². The second kappa shape index (κ2) is 6.25. The van der Waals surface area contributed by atoms with E-state index >= 15 is 0 Å². The van der Waals surface area contributed by atoms with Crippen LogP contribution in [0.5, 0.6) is 0 Å². The Morgan fingerprint density at radius 2 is 1.92 bits per heavy atom. The van der Waals surface area contributed by atoms with Crippen LogP contribution in [0.25, 0.3) is 0 Å². The van der Waals surface area contributed by atoms with Gasteiger partial charge in [-0.1, -0.05) is 44.1 Å². The molecule has 4 rings (SSSR count). The molecule has 7 atom stereocenters. The van der Waals surface area contributed by atoms with Crippen molar-refractivity contribution in [2.24, 2.45) is 34.5 Å². The summed E-state index contributed by atoms with van der Waals surface area (Å²) in [4.78, 5) is 0. The number of fused-ring (bicyclic) bond motifs is 5. The van der Waals surface area contributed by atoms with Gasteiger partial charge in [0, 0.05) is 0 Å². The largest absolute Gasteiger partial charge is 0.389 e. The third-order valence-corrected chi connectivity index (χ3v) is 9.16. The molecule has 0 aliphatic heterocycles. The van der Waals surface area contributed by atoms with Crippen LogP contribution in [-0.2, 0) is 0 Å². The zero-order valence-electron chi connectivity index (χ0n) is 16.9. The molecule has 1 nitrogen and oxygen atoms in total. The number of allylic oxidation sites excluding steroid dienone is 3. The summed E-state index contributed by atoms with van der Waals surface area (Å²) in [5.41, 5.74) is 4.21. The molecule has 0 bridgehead atoms. The fourth-order valence-corrected chi connectivity index (χ4v) is 7.92. The molecule has 4 aliphatic rings. The quantitative estimate of drug-likeness (QED) is 0.585. The van der Waals surface area contributed by atoms with Gasteiger partial charge >= 0.3 is 0 Å². The van der Waals surface area contributed by atoms with Gasteiger partial charge in [0.2, 0.25) is 0 Å². The average Bonchev–Trinajstić information content (AvgIpc) is 2.93. The molecule has 25 heavy (non-hydrogen) atoms. The standard InChI is InChI=1S/C24H38O/c1-5-6-16(2)20-9-10-21-19-8-7-17-15-18(25)11-13-23(17,3)22(19)12-14-24(20,21)4/h6,15,18-22,25H,5,7-14H2,1-4H3/b16-6+/t18-,19-,20+,21-,22-,23-,24+/m0/s1. The normalized spacial score (nSPS) is 49.9. The van der Waals surface area contributed by atoms with E-state index in [9.17, 15) is 5.11 Å². The first-order valence-corrected chi connectivity index (χ1v) is 11.0. The Morgan fingerprint density at radius 1 is 1.12 bits per heavy atom. The predicted octanol–water partition coefficient (Wildman–Crippen LogP) is 6.28. The summed E-state index contributed by atoms with van der Waals surface area (Å²) < 4.78 is 0. The van der Waals surface area contributed by atoms with E-state index in [2.05, 4.69) is 39.8 Å². The first-order chi connectivity index (χ1) is 11.9. The van der Waals surface area contributed by atoms with Crippen LogP contribution in [0.3, 0.4) is 0 Å². The lowest BCUT2D eigenvalue weighted by atomic mass is 9.46. The van der Waals surface area contributed by atoms with Crippen molar-refractivity contribution < 1.29 is 5.11 Å². The van der Waals surface area contributed by atoms with E-state index in [4.69, 9.17) is 0 Å². The number of hydrogen-bond donors (Lipinski definition) is 1. The molecule has 3 saturated carbocycles. The van der Waals surface area contributed by atoms with Crippen molar-refractivity contribution in [3.8, 4) is 0 Å². The highest BCUT2D eigenvalue weighted by Crippen LogP contribution is 2.67. The number of aliphatic hydroxyl groups excluding tert-OH is 1. The van der Waals surface area contributed by atoms with Crippen LogP contribution < -0.4 is 0 Å². The summed E-state index contributed by atoms with van der Waals surface area (Å²) in [7, 11) is 0. The summed E-state index contributed by atoms with van der Waals surface area (Å²) >= 11 is 0. The van der Waals surface area contributed by atoms with Gasteiger partial charge in [-0.3, -0.25) is 0 Å². The molecule has 0 saturated heterocycles. The molecule has 0 unspecified atom stereocenters. The van der Waals surface area contributed by atoms with Crippen LogP contribution >= 0.6 is 0 Å². The van der Waals surface area contributed by atoms with Crippen LogP contribution in [0.15, 0.2) is 23.3 Å². The molecule has 4 aliphatic carbocycles. The van der Waals surface area contributed by atoms with Crippen LogP contribution in [0.1, 0.15) is 85.5 Å². The minimum absolute atomic E-state index is 0.175. The van der Waals surface area contributed by atoms with E-state index in [0.717, 1.165) is 30.1 Å². The van der Waals surface area contributed by atoms with E-state index in [0.29, 0.717) is 10.8 Å². The molecule has 0 spiro atoms. The summed E-state index contributed by atoms with van der Waals surface area (Å²) in [5, 5.41) is 10.1. The molecular weight excluding hydrogens is 304 g/mol. The molecule has 0 radical (unpaired) electrons. The number of rotatable bonds is 2. The Bertz CT molecular complexity index is 587. The third kappa shape index (κ3) is 2.59. The van der Waals surface area contributed by atoms with Gasteiger partial charge in [0.1, 0.15) is 0 Å². The third-order valence-electron chi connectivity index (χ3n) is 9.16. The number of aliphatic hydroxyl groups is 1. The summed E-state index contributed by atoms with van der Waals surface area (Å²) in [5.74, 6) is 3.56. The highest BCUT2D eigenvalue weighted by atomic mass is 16.3. The molecule has 0 heterocycles. The van der Waals surface area contributed by atoms with Crippen LogP contribution in [0.4, 0.5) is 0 Å². The molecule has 140 valence electrons. The summed E-state index contributed by atoms with van der Waals surface area (Å²) in [6.07, 6.45) is 16.3. The van der Waals surface area contributed by atoms with Gasteiger partial charge in [-0.2, -0.15) is 0 Å². The monoisotopic (exact) mass is 342 g/mol. The first kappa shape index (κ1) is 17.8. The Morgan fingerprint density at radius 3 is 2.68 bits per heavy atom. The summed E-state index contributed by atoms with van der Waals surface area (Å²) in [6.45, 7) is 9.86. The zero-order valence-corrected chi connectivity index (χ0v) is 16.9. The Balaban J connectivity index is 1.62. The molecule has 0 aromatic carbocycles. The van der Waals surface area contributed by atoms with Crippen molar-refractivity contribution in [2.45, 2.75) is 91.6 Å². The molecule has 3 fully saturated rings.